The lowest BCUT2D eigenvalue weighted by Gasteiger charge is -2.04. The zero-order valence-corrected chi connectivity index (χ0v) is 6.15. The van der Waals surface area contributed by atoms with Crippen LogP contribution in [0.25, 0.3) is 0 Å². The molecular formula is C8H14N+. The molecule has 0 spiro atoms. The van der Waals surface area contributed by atoms with Crippen LogP contribution in [0.3, 0.4) is 0 Å². The molecule has 1 heteroatoms. The molecule has 0 saturated heterocycles. The van der Waals surface area contributed by atoms with Crippen molar-refractivity contribution in [3.63, 3.8) is 0 Å². The maximum atomic E-state index is 2.28. The second-order valence-corrected chi connectivity index (χ2v) is 2.80. The van der Waals surface area contributed by atoms with Crippen molar-refractivity contribution in [2.75, 3.05) is 20.6 Å². The minimum Gasteiger partial charge on any atom is -0.336 e. The Morgan fingerprint density at radius 3 is 2.78 bits per heavy atom. The van der Waals surface area contributed by atoms with E-state index in [2.05, 4.69) is 32.3 Å². The fraction of sp³-hybridized carbons (Fsp3) is 0.500. The van der Waals surface area contributed by atoms with Gasteiger partial charge in [-0.2, -0.15) is 0 Å². The molecule has 50 valence electrons. The van der Waals surface area contributed by atoms with E-state index in [-0.39, 0.29) is 0 Å². The third-order valence-corrected chi connectivity index (χ3v) is 1.41. The first-order valence-corrected chi connectivity index (χ1v) is 3.43. The molecule has 0 fully saturated rings. The number of hydrogen-bond acceptors (Lipinski definition) is 0. The van der Waals surface area contributed by atoms with Gasteiger partial charge in [-0.3, -0.25) is 0 Å². The first-order chi connectivity index (χ1) is 4.29. The maximum Gasteiger partial charge on any atom is 0.102 e. The Bertz CT molecular complexity index is 143. The highest BCUT2D eigenvalue weighted by molar-refractivity contribution is 5.25. The van der Waals surface area contributed by atoms with Gasteiger partial charge >= 0.3 is 0 Å². The highest BCUT2D eigenvalue weighted by atomic mass is 15.0. The van der Waals surface area contributed by atoms with Gasteiger partial charge in [0.1, 0.15) is 6.54 Å². The number of quaternary nitrogens is 1. The van der Waals surface area contributed by atoms with E-state index in [1.807, 2.05) is 0 Å². The molecular weight excluding hydrogens is 110 g/mol. The highest BCUT2D eigenvalue weighted by Gasteiger charge is 1.99. The molecule has 0 saturated carbocycles. The summed E-state index contributed by atoms with van der Waals surface area (Å²) in [4.78, 5) is 1.49. The fourth-order valence-electron chi connectivity index (χ4n) is 1.05. The number of nitrogens with one attached hydrogen (secondary N) is 1. The average Bonchev–Trinajstić information content (AvgIpc) is 2.15. The summed E-state index contributed by atoms with van der Waals surface area (Å²) in [6, 6.07) is 0. The molecule has 1 aliphatic rings. The van der Waals surface area contributed by atoms with Crippen LogP contribution >= 0.6 is 0 Å². The van der Waals surface area contributed by atoms with Gasteiger partial charge in [-0.25, -0.2) is 0 Å². The lowest BCUT2D eigenvalue weighted by molar-refractivity contribution is -0.852. The van der Waals surface area contributed by atoms with Crippen molar-refractivity contribution < 1.29 is 4.90 Å². The molecule has 0 unspecified atom stereocenters. The van der Waals surface area contributed by atoms with Crippen molar-refractivity contribution >= 4 is 0 Å². The van der Waals surface area contributed by atoms with Crippen molar-refractivity contribution in [2.24, 2.45) is 0 Å². The van der Waals surface area contributed by atoms with Gasteiger partial charge in [-0.15, -0.1) is 0 Å². The fourth-order valence-corrected chi connectivity index (χ4v) is 1.05. The van der Waals surface area contributed by atoms with Crippen LogP contribution in [-0.4, -0.2) is 20.6 Å². The van der Waals surface area contributed by atoms with Crippen LogP contribution in [0, 0.1) is 0 Å². The third kappa shape index (κ3) is 2.02. The summed E-state index contributed by atoms with van der Waals surface area (Å²) in [7, 11) is 4.35. The Morgan fingerprint density at radius 2 is 2.33 bits per heavy atom. The molecule has 0 atom stereocenters. The zero-order chi connectivity index (χ0) is 6.69. The van der Waals surface area contributed by atoms with Gasteiger partial charge in [-0.05, 0) is 6.42 Å². The number of likely N-dealkylation sites (N-methyl/N-ethyl adjacent to an activating group) is 1. The van der Waals surface area contributed by atoms with Gasteiger partial charge < -0.3 is 4.90 Å². The average molecular weight is 124 g/mol. The molecule has 0 aromatic rings. The van der Waals surface area contributed by atoms with Gasteiger partial charge in [0.05, 0.1) is 14.1 Å². The van der Waals surface area contributed by atoms with E-state index in [1.165, 1.54) is 10.5 Å². The molecule has 0 amide bonds. The summed E-state index contributed by atoms with van der Waals surface area (Å²) >= 11 is 0. The van der Waals surface area contributed by atoms with Gasteiger partial charge in [-0.1, -0.05) is 18.2 Å². The van der Waals surface area contributed by atoms with E-state index in [4.69, 9.17) is 0 Å². The third-order valence-electron chi connectivity index (χ3n) is 1.41. The van der Waals surface area contributed by atoms with Crippen molar-refractivity contribution in [1.29, 1.82) is 0 Å². The van der Waals surface area contributed by atoms with Crippen LogP contribution < -0.4 is 4.90 Å². The van der Waals surface area contributed by atoms with Crippen LogP contribution in [0.15, 0.2) is 23.8 Å². The van der Waals surface area contributed by atoms with Crippen molar-refractivity contribution in [3.05, 3.63) is 23.8 Å². The SMILES string of the molecule is C[NH+](C)CC1=CCC=C1. The quantitative estimate of drug-likeness (QED) is 0.529. The summed E-state index contributed by atoms with van der Waals surface area (Å²) in [6.45, 7) is 1.16. The van der Waals surface area contributed by atoms with Crippen LogP contribution in [0.4, 0.5) is 0 Å². The molecule has 0 aromatic carbocycles. The molecule has 1 rings (SSSR count). The molecule has 0 aromatic heterocycles. The Balaban J connectivity index is 2.35. The Morgan fingerprint density at radius 1 is 1.56 bits per heavy atom. The van der Waals surface area contributed by atoms with Crippen molar-refractivity contribution in [1.82, 2.24) is 0 Å². The maximum absolute atomic E-state index is 2.28. The summed E-state index contributed by atoms with van der Waals surface area (Å²) in [5, 5.41) is 0. The van der Waals surface area contributed by atoms with Gasteiger partial charge in [0, 0.05) is 5.57 Å². The number of allylic oxidation sites excluding steroid dienone is 2. The van der Waals surface area contributed by atoms with E-state index in [1.54, 1.807) is 0 Å². The monoisotopic (exact) mass is 124 g/mol. The Hall–Kier alpha value is -0.560. The standard InChI is InChI=1S/C8H13N/c1-9(2)7-8-5-3-4-6-8/h3,5-6H,4,7H2,1-2H3/p+1. The van der Waals surface area contributed by atoms with E-state index in [0.29, 0.717) is 0 Å². The first kappa shape index (κ1) is 6.56. The Labute approximate surface area is 56.7 Å². The second-order valence-electron chi connectivity index (χ2n) is 2.80. The zero-order valence-electron chi connectivity index (χ0n) is 6.15. The number of hydrogen-bond donors (Lipinski definition) is 1. The predicted molar refractivity (Wildman–Crippen MR) is 39.5 cm³/mol. The van der Waals surface area contributed by atoms with E-state index in [0.717, 1.165) is 13.0 Å². The lowest BCUT2D eigenvalue weighted by Crippen LogP contribution is -3.05. The second kappa shape index (κ2) is 2.83. The van der Waals surface area contributed by atoms with E-state index in [9.17, 15) is 0 Å². The first-order valence-electron chi connectivity index (χ1n) is 3.43. The molecule has 0 radical (unpaired) electrons. The smallest absolute Gasteiger partial charge is 0.102 e. The van der Waals surface area contributed by atoms with Gasteiger partial charge in [0.2, 0.25) is 0 Å². The molecule has 0 bridgehead atoms. The largest absolute Gasteiger partial charge is 0.336 e. The van der Waals surface area contributed by atoms with E-state index < -0.39 is 0 Å². The van der Waals surface area contributed by atoms with Crippen molar-refractivity contribution in [2.45, 2.75) is 6.42 Å². The summed E-state index contributed by atoms with van der Waals surface area (Å²) in [5.74, 6) is 0. The molecule has 1 N–H and O–H groups in total. The van der Waals surface area contributed by atoms with Crippen LogP contribution in [0.5, 0.6) is 0 Å². The molecule has 0 aliphatic heterocycles. The topological polar surface area (TPSA) is 4.44 Å². The van der Waals surface area contributed by atoms with Crippen LogP contribution in [0.2, 0.25) is 0 Å². The van der Waals surface area contributed by atoms with E-state index >= 15 is 0 Å². The van der Waals surface area contributed by atoms with Gasteiger partial charge in [0.25, 0.3) is 0 Å². The minimum atomic E-state index is 1.14. The molecule has 9 heavy (non-hydrogen) atoms. The van der Waals surface area contributed by atoms with Crippen LogP contribution in [0.1, 0.15) is 6.42 Å². The Kier molecular flexibility index (Phi) is 2.06. The van der Waals surface area contributed by atoms with Crippen LogP contribution in [-0.2, 0) is 0 Å². The van der Waals surface area contributed by atoms with Crippen molar-refractivity contribution in [3.8, 4) is 0 Å². The molecule has 1 aliphatic carbocycles. The summed E-state index contributed by atoms with van der Waals surface area (Å²) < 4.78 is 0. The lowest BCUT2D eigenvalue weighted by atomic mass is 10.3. The number of rotatable bonds is 2. The minimum absolute atomic E-state index is 1.14. The normalized spacial score (nSPS) is 17.0. The van der Waals surface area contributed by atoms with Gasteiger partial charge in [0.15, 0.2) is 0 Å². The summed E-state index contributed by atoms with van der Waals surface area (Å²) in [5.41, 5.74) is 1.48. The molecule has 0 heterocycles. The highest BCUT2D eigenvalue weighted by Crippen LogP contribution is 2.05. The molecule has 1 nitrogen and oxygen atoms in total. The summed E-state index contributed by atoms with van der Waals surface area (Å²) in [6.07, 6.45) is 7.85. The predicted octanol–water partition coefficient (Wildman–Crippen LogP) is 0.0172.